The van der Waals surface area contributed by atoms with Crippen LogP contribution in [0.2, 0.25) is 0 Å². The lowest BCUT2D eigenvalue weighted by atomic mass is 10.0. The standard InChI is InChI=1S/C22H25NO5/c1-14(2)20(24)13-28-22(25)19-7-6-16(10-15(19)3)21(27-5)12-17-11-18(26-4)8-9-23-17/h6-12,20,24H,1,13H2,2-5H3/b21-12+. The maximum Gasteiger partial charge on any atom is 0.338 e. The number of carbonyl (C=O) groups is 1. The first kappa shape index (κ1) is 21.2. The number of aromatic nitrogens is 1. The summed E-state index contributed by atoms with van der Waals surface area (Å²) in [6.45, 7) is 7.00. The highest BCUT2D eigenvalue weighted by Gasteiger charge is 2.15. The minimum absolute atomic E-state index is 0.125. The molecule has 0 bridgehead atoms. The lowest BCUT2D eigenvalue weighted by Gasteiger charge is -2.13. The predicted octanol–water partition coefficient (Wildman–Crippen LogP) is 3.64. The second kappa shape index (κ2) is 9.71. The Morgan fingerprint density at radius 1 is 1.29 bits per heavy atom. The molecule has 0 aliphatic carbocycles. The number of aliphatic hydroxyl groups excluding tert-OH is 1. The minimum atomic E-state index is -0.873. The summed E-state index contributed by atoms with van der Waals surface area (Å²) in [7, 11) is 3.17. The number of carbonyl (C=O) groups excluding carboxylic acids is 1. The molecule has 0 fully saturated rings. The molecule has 0 amide bonds. The molecule has 0 radical (unpaired) electrons. The van der Waals surface area contributed by atoms with Gasteiger partial charge in [0.05, 0.1) is 25.5 Å². The molecule has 1 unspecified atom stereocenters. The Morgan fingerprint density at radius 2 is 2.04 bits per heavy atom. The van der Waals surface area contributed by atoms with Crippen molar-refractivity contribution in [2.75, 3.05) is 20.8 Å². The van der Waals surface area contributed by atoms with E-state index in [2.05, 4.69) is 11.6 Å². The van der Waals surface area contributed by atoms with Gasteiger partial charge in [0.1, 0.15) is 24.2 Å². The maximum atomic E-state index is 12.3. The Morgan fingerprint density at radius 3 is 2.64 bits per heavy atom. The second-order valence-corrected chi connectivity index (χ2v) is 6.32. The highest BCUT2D eigenvalue weighted by atomic mass is 16.5. The Kier molecular flexibility index (Phi) is 7.35. The number of hydrogen-bond donors (Lipinski definition) is 1. The molecule has 28 heavy (non-hydrogen) atoms. The third kappa shape index (κ3) is 5.44. The fraction of sp³-hybridized carbons (Fsp3) is 0.273. The first-order valence-corrected chi connectivity index (χ1v) is 8.73. The highest BCUT2D eigenvalue weighted by Crippen LogP contribution is 2.23. The number of hydrogen-bond acceptors (Lipinski definition) is 6. The van der Waals surface area contributed by atoms with E-state index in [9.17, 15) is 9.90 Å². The van der Waals surface area contributed by atoms with E-state index < -0.39 is 12.1 Å². The SMILES string of the molecule is C=C(C)C(O)COC(=O)c1ccc(/C(=C\c2cc(OC)ccn2)OC)cc1C. The van der Waals surface area contributed by atoms with Crippen LogP contribution < -0.4 is 4.74 Å². The molecule has 2 aromatic rings. The summed E-state index contributed by atoms with van der Waals surface area (Å²) in [4.78, 5) is 16.6. The van der Waals surface area contributed by atoms with Gasteiger partial charge >= 0.3 is 5.97 Å². The van der Waals surface area contributed by atoms with E-state index in [4.69, 9.17) is 14.2 Å². The van der Waals surface area contributed by atoms with Gasteiger partial charge in [-0.15, -0.1) is 0 Å². The molecule has 1 aromatic heterocycles. The van der Waals surface area contributed by atoms with Crippen LogP contribution in [0.1, 0.15) is 34.1 Å². The summed E-state index contributed by atoms with van der Waals surface area (Å²) in [6, 6.07) is 8.84. The Labute approximate surface area is 165 Å². The van der Waals surface area contributed by atoms with Crippen LogP contribution in [0.5, 0.6) is 5.75 Å². The topological polar surface area (TPSA) is 77.9 Å². The number of esters is 1. The largest absolute Gasteiger partial charge is 0.497 e. The average Bonchev–Trinajstić information content (AvgIpc) is 2.69. The van der Waals surface area contributed by atoms with Crippen molar-refractivity contribution in [3.05, 3.63) is 71.1 Å². The third-order valence-electron chi connectivity index (χ3n) is 4.16. The summed E-state index contributed by atoms with van der Waals surface area (Å²) >= 11 is 0. The number of nitrogens with zero attached hydrogens (tertiary/aromatic N) is 1. The van der Waals surface area contributed by atoms with Crippen LogP contribution in [0.4, 0.5) is 0 Å². The molecule has 1 aromatic carbocycles. The van der Waals surface area contributed by atoms with Gasteiger partial charge in [-0.2, -0.15) is 0 Å². The number of methoxy groups -OCH3 is 2. The zero-order valence-corrected chi connectivity index (χ0v) is 16.6. The van der Waals surface area contributed by atoms with Gasteiger partial charge < -0.3 is 19.3 Å². The lowest BCUT2D eigenvalue weighted by Crippen LogP contribution is -2.19. The lowest BCUT2D eigenvalue weighted by molar-refractivity contribution is 0.0327. The van der Waals surface area contributed by atoms with Gasteiger partial charge in [0.25, 0.3) is 0 Å². The first-order valence-electron chi connectivity index (χ1n) is 8.73. The molecule has 148 valence electrons. The van der Waals surface area contributed by atoms with Crippen LogP contribution >= 0.6 is 0 Å². The van der Waals surface area contributed by atoms with Gasteiger partial charge in [-0.25, -0.2) is 4.79 Å². The van der Waals surface area contributed by atoms with Gasteiger partial charge in [-0.3, -0.25) is 4.98 Å². The van der Waals surface area contributed by atoms with Gasteiger partial charge in [0.15, 0.2) is 0 Å². The number of aryl methyl sites for hydroxylation is 1. The van der Waals surface area contributed by atoms with Crippen molar-refractivity contribution in [2.24, 2.45) is 0 Å². The zero-order valence-electron chi connectivity index (χ0n) is 16.6. The van der Waals surface area contributed by atoms with E-state index >= 15 is 0 Å². The van der Waals surface area contributed by atoms with Crippen molar-refractivity contribution in [3.63, 3.8) is 0 Å². The smallest absolute Gasteiger partial charge is 0.338 e. The average molecular weight is 383 g/mol. The van der Waals surface area contributed by atoms with Gasteiger partial charge in [0.2, 0.25) is 0 Å². The highest BCUT2D eigenvalue weighted by molar-refractivity contribution is 5.92. The van der Waals surface area contributed by atoms with Crippen molar-refractivity contribution >= 4 is 17.8 Å². The minimum Gasteiger partial charge on any atom is -0.497 e. The Balaban J connectivity index is 2.22. The Bertz CT molecular complexity index is 888. The van der Waals surface area contributed by atoms with E-state index in [1.807, 2.05) is 13.0 Å². The normalized spacial score (nSPS) is 12.2. The summed E-state index contributed by atoms with van der Waals surface area (Å²) in [5, 5.41) is 9.70. The molecule has 0 aliphatic rings. The van der Waals surface area contributed by atoms with E-state index in [0.717, 1.165) is 11.1 Å². The van der Waals surface area contributed by atoms with Crippen molar-refractivity contribution in [2.45, 2.75) is 20.0 Å². The van der Waals surface area contributed by atoms with Gasteiger partial charge in [-0.05, 0) is 43.2 Å². The summed E-state index contributed by atoms with van der Waals surface area (Å²) in [6.07, 6.45) is 2.57. The molecule has 0 spiro atoms. The molecule has 2 rings (SSSR count). The molecule has 1 N–H and O–H groups in total. The van der Waals surface area contributed by atoms with Crippen LogP contribution in [-0.4, -0.2) is 43.0 Å². The van der Waals surface area contributed by atoms with Crippen LogP contribution in [0.15, 0.2) is 48.7 Å². The number of ether oxygens (including phenoxy) is 3. The fourth-order valence-electron chi connectivity index (χ4n) is 2.45. The van der Waals surface area contributed by atoms with Crippen molar-refractivity contribution in [1.29, 1.82) is 0 Å². The molecule has 0 saturated carbocycles. The molecule has 0 saturated heterocycles. The molecule has 6 nitrogen and oxygen atoms in total. The maximum absolute atomic E-state index is 12.3. The zero-order chi connectivity index (χ0) is 20.7. The molecule has 0 aliphatic heterocycles. The first-order chi connectivity index (χ1) is 13.3. The second-order valence-electron chi connectivity index (χ2n) is 6.32. The van der Waals surface area contributed by atoms with Crippen LogP contribution in [0, 0.1) is 6.92 Å². The van der Waals surface area contributed by atoms with Crippen molar-refractivity contribution in [3.8, 4) is 5.75 Å². The van der Waals surface area contributed by atoms with Crippen molar-refractivity contribution < 1.29 is 24.1 Å². The monoisotopic (exact) mass is 383 g/mol. The van der Waals surface area contributed by atoms with Crippen LogP contribution in [0.3, 0.4) is 0 Å². The molecular formula is C22H25NO5. The Hall–Kier alpha value is -3.12. The quantitative estimate of drug-likeness (QED) is 0.426. The summed E-state index contributed by atoms with van der Waals surface area (Å²) < 4.78 is 15.9. The van der Waals surface area contributed by atoms with E-state index in [1.54, 1.807) is 57.7 Å². The number of pyridine rings is 1. The van der Waals surface area contributed by atoms with Crippen LogP contribution in [-0.2, 0) is 9.47 Å². The van der Waals surface area contributed by atoms with Crippen molar-refractivity contribution in [1.82, 2.24) is 4.98 Å². The van der Waals surface area contributed by atoms with E-state index in [-0.39, 0.29) is 6.61 Å². The van der Waals surface area contributed by atoms with Crippen LogP contribution in [0.25, 0.3) is 11.8 Å². The van der Waals surface area contributed by atoms with E-state index in [0.29, 0.717) is 28.3 Å². The summed E-state index contributed by atoms with van der Waals surface area (Å²) in [5.74, 6) is 0.797. The van der Waals surface area contributed by atoms with Gasteiger partial charge in [0, 0.05) is 23.9 Å². The molecular weight excluding hydrogens is 358 g/mol. The third-order valence-corrected chi connectivity index (χ3v) is 4.16. The molecule has 1 atom stereocenters. The number of rotatable bonds is 8. The number of aliphatic hydroxyl groups is 1. The van der Waals surface area contributed by atoms with Gasteiger partial charge in [-0.1, -0.05) is 12.6 Å². The number of benzene rings is 1. The predicted molar refractivity (Wildman–Crippen MR) is 108 cm³/mol. The van der Waals surface area contributed by atoms with E-state index in [1.165, 1.54) is 0 Å². The molecule has 1 heterocycles. The summed E-state index contributed by atoms with van der Waals surface area (Å²) in [5.41, 5.74) is 3.18. The fourth-order valence-corrected chi connectivity index (χ4v) is 2.45. The molecule has 6 heteroatoms.